The fraction of sp³-hybridized carbons (Fsp3) is 0.235. The first-order valence-electron chi connectivity index (χ1n) is 6.93. The molecule has 2 aromatic carbocycles. The van der Waals surface area contributed by atoms with Crippen LogP contribution in [0.5, 0.6) is 5.75 Å². The van der Waals surface area contributed by atoms with Crippen molar-refractivity contribution < 1.29 is 22.7 Å². The Morgan fingerprint density at radius 3 is 2.48 bits per heavy atom. The minimum atomic E-state index is -1.63. The number of amides is 1. The van der Waals surface area contributed by atoms with E-state index in [9.17, 15) is 18.0 Å². The monoisotopic (exact) mass is 323 g/mol. The maximum absolute atomic E-state index is 13.5. The van der Waals surface area contributed by atoms with Crippen LogP contribution < -0.4 is 10.1 Å². The van der Waals surface area contributed by atoms with Crippen molar-refractivity contribution >= 4 is 11.6 Å². The highest BCUT2D eigenvalue weighted by molar-refractivity contribution is 5.92. The number of carbonyl (C=O) groups excluding carboxylic acids is 1. The fourth-order valence-electron chi connectivity index (χ4n) is 2.10. The maximum atomic E-state index is 13.5. The number of hydrogen-bond acceptors (Lipinski definition) is 2. The molecule has 0 spiro atoms. The molecule has 0 bridgehead atoms. The molecule has 0 radical (unpaired) electrons. The number of aryl methyl sites for hydroxylation is 2. The highest BCUT2D eigenvalue weighted by atomic mass is 19.2. The molecule has 6 heteroatoms. The summed E-state index contributed by atoms with van der Waals surface area (Å²) in [5, 5.41) is 2.15. The van der Waals surface area contributed by atoms with Gasteiger partial charge in [0, 0.05) is 0 Å². The number of nitrogens with one attached hydrogen (secondary N) is 1. The van der Waals surface area contributed by atoms with Crippen molar-refractivity contribution in [3.8, 4) is 5.75 Å². The first-order chi connectivity index (χ1) is 10.8. The molecule has 2 aromatic rings. The van der Waals surface area contributed by atoms with Gasteiger partial charge in [0.05, 0.1) is 5.69 Å². The van der Waals surface area contributed by atoms with Gasteiger partial charge in [0.25, 0.3) is 5.91 Å². The summed E-state index contributed by atoms with van der Waals surface area (Å²) in [5.41, 5.74) is 2.46. The van der Waals surface area contributed by atoms with Gasteiger partial charge in [-0.3, -0.25) is 4.79 Å². The molecule has 0 atom stereocenters. The molecule has 0 aromatic heterocycles. The molecule has 0 aliphatic carbocycles. The number of ether oxygens (including phenoxy) is 1. The van der Waals surface area contributed by atoms with Crippen LogP contribution in [-0.2, 0) is 4.79 Å². The van der Waals surface area contributed by atoms with Gasteiger partial charge in [-0.05, 0) is 55.7 Å². The summed E-state index contributed by atoms with van der Waals surface area (Å²) >= 11 is 0. The maximum Gasteiger partial charge on any atom is 0.262 e. The van der Waals surface area contributed by atoms with Gasteiger partial charge < -0.3 is 10.1 Å². The van der Waals surface area contributed by atoms with Gasteiger partial charge in [-0.2, -0.15) is 0 Å². The van der Waals surface area contributed by atoms with Crippen molar-refractivity contribution in [2.45, 2.75) is 20.8 Å². The van der Waals surface area contributed by atoms with Crippen LogP contribution in [0.1, 0.15) is 16.7 Å². The lowest BCUT2D eigenvalue weighted by molar-refractivity contribution is -0.118. The summed E-state index contributed by atoms with van der Waals surface area (Å²) in [6.45, 7) is 5.31. The molecule has 0 heterocycles. The van der Waals surface area contributed by atoms with Gasteiger partial charge in [0.2, 0.25) is 0 Å². The fourth-order valence-corrected chi connectivity index (χ4v) is 2.10. The van der Waals surface area contributed by atoms with Crippen LogP contribution in [0.15, 0.2) is 24.3 Å². The summed E-state index contributed by atoms with van der Waals surface area (Å²) in [6, 6.07) is 5.46. The van der Waals surface area contributed by atoms with Crippen LogP contribution in [0.4, 0.5) is 18.9 Å². The Morgan fingerprint density at radius 1 is 1.09 bits per heavy atom. The Hall–Kier alpha value is -2.50. The van der Waals surface area contributed by atoms with Gasteiger partial charge in [-0.1, -0.05) is 6.07 Å². The third-order valence-electron chi connectivity index (χ3n) is 3.43. The molecule has 0 saturated carbocycles. The molecule has 0 aliphatic rings. The van der Waals surface area contributed by atoms with E-state index < -0.39 is 29.0 Å². The molecule has 0 unspecified atom stereocenters. The van der Waals surface area contributed by atoms with E-state index in [0.717, 1.165) is 28.8 Å². The van der Waals surface area contributed by atoms with E-state index in [4.69, 9.17) is 4.74 Å². The second kappa shape index (κ2) is 6.73. The lowest BCUT2D eigenvalue weighted by Gasteiger charge is -2.13. The normalized spacial score (nSPS) is 10.5. The Kier molecular flexibility index (Phi) is 4.93. The minimum Gasteiger partial charge on any atom is -0.483 e. The predicted molar refractivity (Wildman–Crippen MR) is 81.1 cm³/mol. The molecule has 122 valence electrons. The van der Waals surface area contributed by atoms with Crippen molar-refractivity contribution in [1.82, 2.24) is 0 Å². The molecule has 0 saturated heterocycles. The Morgan fingerprint density at radius 2 is 1.78 bits per heavy atom. The summed E-state index contributed by atoms with van der Waals surface area (Å²) < 4.78 is 44.8. The lowest BCUT2D eigenvalue weighted by Crippen LogP contribution is -2.21. The quantitative estimate of drug-likeness (QED) is 0.862. The Bertz CT molecular complexity index is 760. The van der Waals surface area contributed by atoms with Crippen LogP contribution in [-0.4, -0.2) is 12.5 Å². The number of hydrogen-bond donors (Lipinski definition) is 1. The number of halogens is 3. The number of carbonyl (C=O) groups is 1. The molecular formula is C17H16F3NO2. The van der Waals surface area contributed by atoms with E-state index in [1.54, 1.807) is 6.07 Å². The minimum absolute atomic E-state index is 0.373. The van der Waals surface area contributed by atoms with E-state index in [0.29, 0.717) is 5.75 Å². The van der Waals surface area contributed by atoms with Crippen molar-refractivity contribution in [3.63, 3.8) is 0 Å². The van der Waals surface area contributed by atoms with Crippen LogP contribution in [0.25, 0.3) is 0 Å². The van der Waals surface area contributed by atoms with Crippen molar-refractivity contribution in [3.05, 3.63) is 58.4 Å². The summed E-state index contributed by atoms with van der Waals surface area (Å²) in [6.07, 6.45) is 0. The van der Waals surface area contributed by atoms with Crippen molar-refractivity contribution in [1.29, 1.82) is 0 Å². The number of rotatable bonds is 4. The van der Waals surface area contributed by atoms with Crippen LogP contribution >= 0.6 is 0 Å². The SMILES string of the molecule is Cc1cc(C)c(C)c(OCC(=O)Nc2ccc(F)c(F)c2F)c1. The molecule has 23 heavy (non-hydrogen) atoms. The molecular weight excluding hydrogens is 307 g/mol. The third kappa shape index (κ3) is 3.83. The Labute approximate surface area is 132 Å². The molecule has 2 rings (SSSR count). The van der Waals surface area contributed by atoms with Crippen molar-refractivity contribution in [2.24, 2.45) is 0 Å². The van der Waals surface area contributed by atoms with Gasteiger partial charge in [-0.15, -0.1) is 0 Å². The summed E-state index contributed by atoms with van der Waals surface area (Å²) in [7, 11) is 0. The molecule has 3 nitrogen and oxygen atoms in total. The largest absolute Gasteiger partial charge is 0.483 e. The number of anilines is 1. The zero-order valence-corrected chi connectivity index (χ0v) is 13.0. The van der Waals surface area contributed by atoms with E-state index >= 15 is 0 Å². The second-order valence-electron chi connectivity index (χ2n) is 5.26. The summed E-state index contributed by atoms with van der Waals surface area (Å²) in [4.78, 5) is 11.8. The average molecular weight is 323 g/mol. The van der Waals surface area contributed by atoms with Crippen molar-refractivity contribution in [2.75, 3.05) is 11.9 Å². The zero-order chi connectivity index (χ0) is 17.1. The van der Waals surface area contributed by atoms with Crippen LogP contribution in [0.2, 0.25) is 0 Å². The summed E-state index contributed by atoms with van der Waals surface area (Å²) in [5.74, 6) is -4.52. The predicted octanol–water partition coefficient (Wildman–Crippen LogP) is 4.05. The van der Waals surface area contributed by atoms with E-state index in [1.165, 1.54) is 0 Å². The van der Waals surface area contributed by atoms with E-state index in [-0.39, 0.29) is 6.61 Å². The van der Waals surface area contributed by atoms with Gasteiger partial charge in [0.1, 0.15) is 5.75 Å². The number of benzene rings is 2. The Balaban J connectivity index is 2.05. The van der Waals surface area contributed by atoms with E-state index in [2.05, 4.69) is 5.32 Å². The van der Waals surface area contributed by atoms with Crippen LogP contribution in [0, 0.1) is 38.2 Å². The van der Waals surface area contributed by atoms with Gasteiger partial charge >= 0.3 is 0 Å². The highest BCUT2D eigenvalue weighted by Gasteiger charge is 2.15. The smallest absolute Gasteiger partial charge is 0.262 e. The molecule has 1 N–H and O–H groups in total. The lowest BCUT2D eigenvalue weighted by atomic mass is 10.1. The van der Waals surface area contributed by atoms with Gasteiger partial charge in [0.15, 0.2) is 24.1 Å². The third-order valence-corrected chi connectivity index (χ3v) is 3.43. The van der Waals surface area contributed by atoms with Gasteiger partial charge in [-0.25, -0.2) is 13.2 Å². The second-order valence-corrected chi connectivity index (χ2v) is 5.26. The first-order valence-corrected chi connectivity index (χ1v) is 6.93. The standard InChI is InChI=1S/C17H16F3NO2/c1-9-6-10(2)11(3)14(7-9)23-8-15(22)21-13-5-4-12(18)16(19)17(13)20/h4-7H,8H2,1-3H3,(H,21,22). The van der Waals surface area contributed by atoms with E-state index in [1.807, 2.05) is 26.8 Å². The first kappa shape index (κ1) is 16.9. The zero-order valence-electron chi connectivity index (χ0n) is 13.0. The molecule has 0 fully saturated rings. The topological polar surface area (TPSA) is 38.3 Å². The highest BCUT2D eigenvalue weighted by Crippen LogP contribution is 2.23. The van der Waals surface area contributed by atoms with Crippen LogP contribution in [0.3, 0.4) is 0 Å². The molecule has 1 amide bonds. The molecule has 0 aliphatic heterocycles. The average Bonchev–Trinajstić information content (AvgIpc) is 2.50.